The fourth-order valence-electron chi connectivity index (χ4n) is 2.01. The molecule has 1 aliphatic heterocycles. The molecular weight excluding hydrogens is 221 g/mol. The van der Waals surface area contributed by atoms with E-state index in [2.05, 4.69) is 0 Å². The lowest BCUT2D eigenvalue weighted by atomic mass is 9.95. The number of hydrogen-bond acceptors (Lipinski definition) is 2. The van der Waals surface area contributed by atoms with E-state index in [0.717, 1.165) is 0 Å². The number of carbonyl (C=O) groups excluding carboxylic acids is 1. The molecule has 0 radical (unpaired) electrons. The predicted molar refractivity (Wildman–Crippen MR) is 53.6 cm³/mol. The molecule has 6 heteroatoms. The highest BCUT2D eigenvalue weighted by atomic mass is 19.4. The maximum atomic E-state index is 12.6. The molecule has 0 bridgehead atoms. The van der Waals surface area contributed by atoms with Gasteiger partial charge in [0.2, 0.25) is 5.91 Å². The number of hydrogen-bond donors (Lipinski definition) is 1. The van der Waals surface area contributed by atoms with Crippen molar-refractivity contribution < 1.29 is 18.0 Å². The summed E-state index contributed by atoms with van der Waals surface area (Å²) in [5, 5.41) is 0. The van der Waals surface area contributed by atoms with Crippen molar-refractivity contribution in [3.05, 3.63) is 0 Å². The Balaban J connectivity index is 2.66. The minimum atomic E-state index is -4.26. The van der Waals surface area contributed by atoms with Crippen LogP contribution in [-0.4, -0.2) is 36.1 Å². The van der Waals surface area contributed by atoms with E-state index >= 15 is 0 Å². The van der Waals surface area contributed by atoms with Crippen molar-refractivity contribution >= 4 is 5.91 Å². The summed E-state index contributed by atoms with van der Waals surface area (Å²) in [6.45, 7) is 2.19. The smallest absolute Gasteiger partial charge is 0.343 e. The van der Waals surface area contributed by atoms with Crippen LogP contribution in [0.1, 0.15) is 26.2 Å². The van der Waals surface area contributed by atoms with Gasteiger partial charge in [-0.15, -0.1) is 0 Å². The highest BCUT2D eigenvalue weighted by molar-refractivity contribution is 5.75. The van der Waals surface area contributed by atoms with Gasteiger partial charge in [-0.05, 0) is 12.8 Å². The number of carbonyl (C=O) groups is 1. The molecule has 1 heterocycles. The third kappa shape index (κ3) is 3.10. The first-order valence-electron chi connectivity index (χ1n) is 5.46. The third-order valence-corrected chi connectivity index (χ3v) is 3.03. The zero-order valence-electron chi connectivity index (χ0n) is 9.26. The molecule has 1 amide bonds. The molecular formula is C10H17F3N2O. The van der Waals surface area contributed by atoms with Crippen LogP contribution in [0.3, 0.4) is 0 Å². The zero-order valence-corrected chi connectivity index (χ0v) is 9.26. The molecule has 1 fully saturated rings. The molecule has 16 heavy (non-hydrogen) atoms. The lowest BCUT2D eigenvalue weighted by molar-refractivity contribution is -0.181. The number of nitrogens with two attached hydrogens (primary N) is 1. The Kier molecular flexibility index (Phi) is 4.18. The summed E-state index contributed by atoms with van der Waals surface area (Å²) in [7, 11) is 0. The molecule has 0 spiro atoms. The molecule has 0 saturated carbocycles. The number of alkyl halides is 3. The average Bonchev–Trinajstić information content (AvgIpc) is 2.38. The van der Waals surface area contributed by atoms with Gasteiger partial charge in [0.15, 0.2) is 0 Å². The molecule has 94 valence electrons. The summed E-state index contributed by atoms with van der Waals surface area (Å²) in [6.07, 6.45) is -3.80. The van der Waals surface area contributed by atoms with Crippen LogP contribution in [0.25, 0.3) is 0 Å². The summed E-state index contributed by atoms with van der Waals surface area (Å²) in [6, 6.07) is -0.894. The van der Waals surface area contributed by atoms with Crippen LogP contribution in [0.15, 0.2) is 0 Å². The molecule has 1 rings (SSSR count). The first-order chi connectivity index (χ1) is 7.36. The maximum absolute atomic E-state index is 12.6. The van der Waals surface area contributed by atoms with Gasteiger partial charge in [0, 0.05) is 25.6 Å². The van der Waals surface area contributed by atoms with Gasteiger partial charge in [0.05, 0.1) is 5.92 Å². The summed E-state index contributed by atoms with van der Waals surface area (Å²) in [5.41, 5.74) is 5.51. The monoisotopic (exact) mass is 238 g/mol. The number of halogens is 3. The minimum Gasteiger partial charge on any atom is -0.343 e. The van der Waals surface area contributed by atoms with Gasteiger partial charge in [0.25, 0.3) is 0 Å². The van der Waals surface area contributed by atoms with Crippen molar-refractivity contribution in [1.82, 2.24) is 4.90 Å². The lowest BCUT2D eigenvalue weighted by Crippen LogP contribution is -2.39. The minimum absolute atomic E-state index is 0.0869. The van der Waals surface area contributed by atoms with Crippen LogP contribution < -0.4 is 5.73 Å². The topological polar surface area (TPSA) is 46.3 Å². The van der Waals surface area contributed by atoms with Gasteiger partial charge in [-0.2, -0.15) is 13.2 Å². The van der Waals surface area contributed by atoms with Gasteiger partial charge in [0.1, 0.15) is 0 Å². The average molecular weight is 238 g/mol. The Hall–Kier alpha value is -0.780. The summed E-state index contributed by atoms with van der Waals surface area (Å²) >= 11 is 0. The Bertz CT molecular complexity index is 255. The van der Waals surface area contributed by atoms with Gasteiger partial charge >= 0.3 is 6.18 Å². The standard InChI is InChI=1S/C10H17F3N2O/c1-2-9(16)15-5-3-7(10(11,12)13)8(14)4-6-15/h7-8H,2-6,14H2,1H3. The van der Waals surface area contributed by atoms with Crippen molar-refractivity contribution in [1.29, 1.82) is 0 Å². The fourth-order valence-corrected chi connectivity index (χ4v) is 2.01. The summed E-state index contributed by atoms with van der Waals surface area (Å²) in [4.78, 5) is 12.9. The van der Waals surface area contributed by atoms with Crippen LogP contribution in [-0.2, 0) is 4.79 Å². The van der Waals surface area contributed by atoms with Gasteiger partial charge in [-0.25, -0.2) is 0 Å². The van der Waals surface area contributed by atoms with Gasteiger partial charge in [-0.3, -0.25) is 4.79 Å². The third-order valence-electron chi connectivity index (χ3n) is 3.03. The molecule has 0 aromatic rings. The van der Waals surface area contributed by atoms with Crippen molar-refractivity contribution in [2.75, 3.05) is 13.1 Å². The van der Waals surface area contributed by atoms with Crippen LogP contribution in [0, 0.1) is 5.92 Å². The maximum Gasteiger partial charge on any atom is 0.393 e. The number of likely N-dealkylation sites (tertiary alicyclic amines) is 1. The van der Waals surface area contributed by atoms with Crippen molar-refractivity contribution in [2.24, 2.45) is 11.7 Å². The quantitative estimate of drug-likeness (QED) is 0.753. The van der Waals surface area contributed by atoms with E-state index in [1.54, 1.807) is 6.92 Å². The van der Waals surface area contributed by atoms with E-state index < -0.39 is 18.1 Å². The van der Waals surface area contributed by atoms with Gasteiger partial charge in [-0.1, -0.05) is 6.92 Å². The Morgan fingerprint density at radius 3 is 2.44 bits per heavy atom. The molecule has 3 nitrogen and oxygen atoms in total. The Labute approximate surface area is 92.8 Å². The largest absolute Gasteiger partial charge is 0.393 e. The first-order valence-corrected chi connectivity index (χ1v) is 5.46. The van der Waals surface area contributed by atoms with Crippen LogP contribution in [0.5, 0.6) is 0 Å². The normalized spacial score (nSPS) is 27.7. The number of rotatable bonds is 1. The second-order valence-electron chi connectivity index (χ2n) is 4.12. The molecule has 0 aromatic heterocycles. The fraction of sp³-hybridized carbons (Fsp3) is 0.900. The van der Waals surface area contributed by atoms with Crippen LogP contribution >= 0.6 is 0 Å². The molecule has 1 saturated heterocycles. The highest BCUT2D eigenvalue weighted by Gasteiger charge is 2.44. The molecule has 2 atom stereocenters. The second-order valence-corrected chi connectivity index (χ2v) is 4.12. The van der Waals surface area contributed by atoms with E-state index in [1.807, 2.05) is 0 Å². The van der Waals surface area contributed by atoms with Crippen molar-refractivity contribution in [3.8, 4) is 0 Å². The molecule has 2 N–H and O–H groups in total. The molecule has 0 aromatic carbocycles. The number of amides is 1. The predicted octanol–water partition coefficient (Wildman–Crippen LogP) is 1.52. The molecule has 0 aliphatic carbocycles. The van der Waals surface area contributed by atoms with E-state index in [-0.39, 0.29) is 25.3 Å². The Morgan fingerprint density at radius 1 is 1.38 bits per heavy atom. The molecule has 2 unspecified atom stereocenters. The zero-order chi connectivity index (χ0) is 12.3. The highest BCUT2D eigenvalue weighted by Crippen LogP contribution is 2.33. The SMILES string of the molecule is CCC(=O)N1CCC(N)C(C(F)(F)F)CC1. The Morgan fingerprint density at radius 2 is 1.94 bits per heavy atom. The summed E-state index contributed by atoms with van der Waals surface area (Å²) in [5.74, 6) is -1.59. The van der Waals surface area contributed by atoms with E-state index in [1.165, 1.54) is 4.90 Å². The second kappa shape index (κ2) is 5.03. The molecule has 1 aliphatic rings. The van der Waals surface area contributed by atoms with E-state index in [4.69, 9.17) is 5.73 Å². The van der Waals surface area contributed by atoms with Crippen molar-refractivity contribution in [2.45, 2.75) is 38.4 Å². The van der Waals surface area contributed by atoms with Crippen molar-refractivity contribution in [3.63, 3.8) is 0 Å². The van der Waals surface area contributed by atoms with Crippen LogP contribution in [0.2, 0.25) is 0 Å². The van der Waals surface area contributed by atoms with Crippen LogP contribution in [0.4, 0.5) is 13.2 Å². The number of nitrogens with zero attached hydrogens (tertiary/aromatic N) is 1. The lowest BCUT2D eigenvalue weighted by Gasteiger charge is -2.23. The van der Waals surface area contributed by atoms with E-state index in [0.29, 0.717) is 13.0 Å². The summed E-state index contributed by atoms with van der Waals surface area (Å²) < 4.78 is 37.8. The van der Waals surface area contributed by atoms with E-state index in [9.17, 15) is 18.0 Å². The first kappa shape index (κ1) is 13.3. The van der Waals surface area contributed by atoms with Gasteiger partial charge < -0.3 is 10.6 Å².